The van der Waals surface area contributed by atoms with Crippen LogP contribution in [-0.4, -0.2) is 31.7 Å². The highest BCUT2D eigenvalue weighted by Gasteiger charge is 2.31. The molecular formula is C14H20N2O2. The largest absolute Gasteiger partial charge is 0.465 e. The van der Waals surface area contributed by atoms with E-state index >= 15 is 0 Å². The van der Waals surface area contributed by atoms with Gasteiger partial charge in [0.05, 0.1) is 29.6 Å². The minimum absolute atomic E-state index is 0.0779. The zero-order chi connectivity index (χ0) is 13.3. The van der Waals surface area contributed by atoms with E-state index in [2.05, 4.69) is 31.0 Å². The van der Waals surface area contributed by atoms with Gasteiger partial charge in [-0.25, -0.2) is 4.79 Å². The van der Waals surface area contributed by atoms with Crippen LogP contribution in [0, 0.1) is 0 Å². The first kappa shape index (κ1) is 12.7. The van der Waals surface area contributed by atoms with Crippen LogP contribution in [0.15, 0.2) is 18.2 Å². The number of benzene rings is 1. The molecule has 1 N–H and O–H groups in total. The highest BCUT2D eigenvalue weighted by atomic mass is 16.5. The van der Waals surface area contributed by atoms with Gasteiger partial charge in [0.2, 0.25) is 0 Å². The highest BCUT2D eigenvalue weighted by Crippen LogP contribution is 2.36. The van der Waals surface area contributed by atoms with Gasteiger partial charge in [-0.2, -0.15) is 0 Å². The molecule has 2 rings (SSSR count). The standard InChI is InChI=1S/C14H20N2O2/c1-5-16-12-7-6-10(13(17)18-4)8-11(12)15-9-14(16,2)3/h6-8,15H,5,9H2,1-4H3. The average Bonchev–Trinajstić information content (AvgIpc) is 2.36. The minimum atomic E-state index is -0.299. The number of nitrogens with one attached hydrogen (secondary N) is 1. The molecule has 0 aliphatic carbocycles. The lowest BCUT2D eigenvalue weighted by Gasteiger charge is -2.45. The molecule has 1 aromatic rings. The van der Waals surface area contributed by atoms with Crippen molar-refractivity contribution in [2.75, 3.05) is 30.4 Å². The molecule has 4 nitrogen and oxygen atoms in total. The van der Waals surface area contributed by atoms with Crippen LogP contribution < -0.4 is 10.2 Å². The summed E-state index contributed by atoms with van der Waals surface area (Å²) in [6, 6.07) is 5.66. The molecular weight excluding hydrogens is 228 g/mol. The number of ether oxygens (including phenoxy) is 1. The number of hydrogen-bond acceptors (Lipinski definition) is 4. The first-order valence-electron chi connectivity index (χ1n) is 6.23. The van der Waals surface area contributed by atoms with E-state index in [-0.39, 0.29) is 11.5 Å². The average molecular weight is 248 g/mol. The summed E-state index contributed by atoms with van der Waals surface area (Å²) in [4.78, 5) is 13.9. The number of hydrogen-bond donors (Lipinski definition) is 1. The summed E-state index contributed by atoms with van der Waals surface area (Å²) in [6.45, 7) is 8.37. The molecule has 0 saturated carbocycles. The summed E-state index contributed by atoms with van der Waals surface area (Å²) in [5.41, 5.74) is 2.80. The van der Waals surface area contributed by atoms with Crippen molar-refractivity contribution in [3.63, 3.8) is 0 Å². The summed E-state index contributed by atoms with van der Waals surface area (Å²) < 4.78 is 4.74. The number of esters is 1. The number of carbonyl (C=O) groups excluding carboxylic acids is 1. The molecule has 0 bridgehead atoms. The summed E-state index contributed by atoms with van der Waals surface area (Å²) in [5, 5.41) is 3.39. The van der Waals surface area contributed by atoms with E-state index in [1.165, 1.54) is 7.11 Å². The Hall–Kier alpha value is -1.71. The van der Waals surface area contributed by atoms with Gasteiger partial charge in [0.15, 0.2) is 0 Å². The molecule has 18 heavy (non-hydrogen) atoms. The summed E-state index contributed by atoms with van der Waals surface area (Å²) in [7, 11) is 1.40. The fraction of sp³-hybridized carbons (Fsp3) is 0.500. The third kappa shape index (κ3) is 2.03. The normalized spacial score (nSPS) is 16.8. The Morgan fingerprint density at radius 2 is 2.22 bits per heavy atom. The van der Waals surface area contributed by atoms with E-state index in [0.717, 1.165) is 24.5 Å². The van der Waals surface area contributed by atoms with Crippen LogP contribution in [0.1, 0.15) is 31.1 Å². The van der Waals surface area contributed by atoms with E-state index in [4.69, 9.17) is 4.74 Å². The lowest BCUT2D eigenvalue weighted by molar-refractivity contribution is 0.0601. The maximum Gasteiger partial charge on any atom is 0.337 e. The molecule has 0 amide bonds. The predicted molar refractivity (Wildman–Crippen MR) is 73.4 cm³/mol. The summed E-state index contributed by atoms with van der Waals surface area (Å²) in [6.07, 6.45) is 0. The topological polar surface area (TPSA) is 41.6 Å². The Morgan fingerprint density at radius 1 is 1.50 bits per heavy atom. The predicted octanol–water partition coefficient (Wildman–Crippen LogP) is 2.50. The molecule has 0 atom stereocenters. The number of rotatable bonds is 2. The van der Waals surface area contributed by atoms with E-state index in [1.807, 2.05) is 18.2 Å². The van der Waals surface area contributed by atoms with E-state index in [0.29, 0.717) is 5.56 Å². The van der Waals surface area contributed by atoms with E-state index < -0.39 is 0 Å². The number of nitrogens with zero attached hydrogens (tertiary/aromatic N) is 1. The van der Waals surface area contributed by atoms with Crippen molar-refractivity contribution in [2.45, 2.75) is 26.3 Å². The van der Waals surface area contributed by atoms with Crippen molar-refractivity contribution in [3.8, 4) is 0 Å². The van der Waals surface area contributed by atoms with Gasteiger partial charge < -0.3 is 15.0 Å². The van der Waals surface area contributed by atoms with Crippen molar-refractivity contribution < 1.29 is 9.53 Å². The van der Waals surface area contributed by atoms with Crippen LogP contribution >= 0.6 is 0 Å². The van der Waals surface area contributed by atoms with Gasteiger partial charge in [-0.15, -0.1) is 0 Å². The highest BCUT2D eigenvalue weighted by molar-refractivity contribution is 5.92. The van der Waals surface area contributed by atoms with Crippen LogP contribution in [0.25, 0.3) is 0 Å². The van der Waals surface area contributed by atoms with Gasteiger partial charge in [0, 0.05) is 13.1 Å². The third-order valence-electron chi connectivity index (χ3n) is 3.47. The van der Waals surface area contributed by atoms with Gasteiger partial charge in [-0.1, -0.05) is 0 Å². The zero-order valence-electron chi connectivity index (χ0n) is 11.4. The van der Waals surface area contributed by atoms with Crippen LogP contribution in [0.3, 0.4) is 0 Å². The molecule has 0 spiro atoms. The molecule has 1 heterocycles. The van der Waals surface area contributed by atoms with Crippen molar-refractivity contribution in [2.24, 2.45) is 0 Å². The van der Waals surface area contributed by atoms with Crippen molar-refractivity contribution in [1.29, 1.82) is 0 Å². The molecule has 1 aliphatic heterocycles. The number of carbonyl (C=O) groups is 1. The first-order valence-corrected chi connectivity index (χ1v) is 6.23. The van der Waals surface area contributed by atoms with Crippen molar-refractivity contribution in [1.82, 2.24) is 0 Å². The Morgan fingerprint density at radius 3 is 2.83 bits per heavy atom. The van der Waals surface area contributed by atoms with Crippen molar-refractivity contribution >= 4 is 17.3 Å². The van der Waals surface area contributed by atoms with Gasteiger partial charge >= 0.3 is 5.97 Å². The lowest BCUT2D eigenvalue weighted by Crippen LogP contribution is -2.52. The third-order valence-corrected chi connectivity index (χ3v) is 3.47. The monoisotopic (exact) mass is 248 g/mol. The Balaban J connectivity index is 2.42. The molecule has 4 heteroatoms. The second-order valence-electron chi connectivity index (χ2n) is 5.13. The number of fused-ring (bicyclic) bond motifs is 1. The first-order chi connectivity index (χ1) is 8.49. The number of methoxy groups -OCH3 is 1. The number of anilines is 2. The molecule has 98 valence electrons. The Kier molecular flexibility index (Phi) is 3.20. The summed E-state index contributed by atoms with van der Waals surface area (Å²) >= 11 is 0. The zero-order valence-corrected chi connectivity index (χ0v) is 11.4. The van der Waals surface area contributed by atoms with E-state index in [9.17, 15) is 4.79 Å². The van der Waals surface area contributed by atoms with Crippen LogP contribution in [0.4, 0.5) is 11.4 Å². The molecule has 0 aromatic heterocycles. The maximum atomic E-state index is 11.5. The van der Waals surface area contributed by atoms with Crippen molar-refractivity contribution in [3.05, 3.63) is 23.8 Å². The fourth-order valence-electron chi connectivity index (χ4n) is 2.49. The smallest absolute Gasteiger partial charge is 0.337 e. The minimum Gasteiger partial charge on any atom is -0.465 e. The van der Waals surface area contributed by atoms with Crippen LogP contribution in [-0.2, 0) is 4.74 Å². The second kappa shape index (κ2) is 4.52. The Bertz CT molecular complexity index is 469. The quantitative estimate of drug-likeness (QED) is 0.816. The van der Waals surface area contributed by atoms with E-state index in [1.54, 1.807) is 0 Å². The SMILES string of the molecule is CCN1c2ccc(C(=O)OC)cc2NCC1(C)C. The maximum absolute atomic E-state index is 11.5. The van der Waals surface area contributed by atoms with Crippen LogP contribution in [0.2, 0.25) is 0 Å². The van der Waals surface area contributed by atoms with Gasteiger partial charge in [0.25, 0.3) is 0 Å². The molecule has 0 fully saturated rings. The molecule has 0 radical (unpaired) electrons. The van der Waals surface area contributed by atoms with Gasteiger partial charge in [-0.3, -0.25) is 0 Å². The summed E-state index contributed by atoms with van der Waals surface area (Å²) in [5.74, 6) is -0.299. The molecule has 1 aromatic carbocycles. The molecule has 0 saturated heterocycles. The Labute approximate surface area is 108 Å². The number of likely N-dealkylation sites (N-methyl/N-ethyl adjacent to an activating group) is 1. The fourth-order valence-corrected chi connectivity index (χ4v) is 2.49. The van der Waals surface area contributed by atoms with Gasteiger partial charge in [-0.05, 0) is 39.0 Å². The van der Waals surface area contributed by atoms with Gasteiger partial charge in [0.1, 0.15) is 0 Å². The molecule has 0 unspecified atom stereocenters. The molecule has 1 aliphatic rings. The lowest BCUT2D eigenvalue weighted by atomic mass is 9.97. The second-order valence-corrected chi connectivity index (χ2v) is 5.13. The van der Waals surface area contributed by atoms with Crippen LogP contribution in [0.5, 0.6) is 0 Å².